The standard InChI is InChI=1S/C14H21N3O2/c15-13-6-7-16-10-12(13)14(19)17(8-9-18)11-4-2-1-3-5-11/h6-7,10-11,18H,1-5,8-9H2,(H2,15,16). The van der Waals surface area contributed by atoms with E-state index in [0.717, 1.165) is 25.7 Å². The Hall–Kier alpha value is -1.62. The van der Waals surface area contributed by atoms with Crippen molar-refractivity contribution in [2.24, 2.45) is 0 Å². The highest BCUT2D eigenvalue weighted by Crippen LogP contribution is 2.24. The van der Waals surface area contributed by atoms with Gasteiger partial charge in [-0.3, -0.25) is 9.78 Å². The van der Waals surface area contributed by atoms with Gasteiger partial charge >= 0.3 is 0 Å². The van der Waals surface area contributed by atoms with Gasteiger partial charge < -0.3 is 15.7 Å². The molecular formula is C14H21N3O2. The molecule has 0 radical (unpaired) electrons. The first-order valence-electron chi connectivity index (χ1n) is 6.85. The third-order valence-corrected chi connectivity index (χ3v) is 3.70. The van der Waals surface area contributed by atoms with Crippen LogP contribution in [0.3, 0.4) is 0 Å². The average Bonchev–Trinajstić information content (AvgIpc) is 2.45. The first-order chi connectivity index (χ1) is 9.24. The van der Waals surface area contributed by atoms with Crippen LogP contribution in [0.5, 0.6) is 0 Å². The van der Waals surface area contributed by atoms with E-state index in [-0.39, 0.29) is 18.6 Å². The van der Waals surface area contributed by atoms with Crippen LogP contribution in [0.4, 0.5) is 5.69 Å². The van der Waals surface area contributed by atoms with E-state index in [4.69, 9.17) is 5.73 Å². The zero-order valence-corrected chi connectivity index (χ0v) is 11.1. The van der Waals surface area contributed by atoms with Crippen molar-refractivity contribution in [1.82, 2.24) is 9.88 Å². The number of hydrogen-bond acceptors (Lipinski definition) is 4. The Morgan fingerprint density at radius 2 is 2.16 bits per heavy atom. The van der Waals surface area contributed by atoms with E-state index in [1.54, 1.807) is 17.2 Å². The van der Waals surface area contributed by atoms with E-state index in [2.05, 4.69) is 4.98 Å². The van der Waals surface area contributed by atoms with Gasteiger partial charge in [0.1, 0.15) is 0 Å². The van der Waals surface area contributed by atoms with Crippen molar-refractivity contribution in [2.75, 3.05) is 18.9 Å². The van der Waals surface area contributed by atoms with Gasteiger partial charge in [-0.15, -0.1) is 0 Å². The Labute approximate surface area is 113 Å². The normalized spacial score (nSPS) is 16.3. The predicted octanol–water partition coefficient (Wildman–Crippen LogP) is 1.43. The molecule has 0 bridgehead atoms. The number of nitrogens with two attached hydrogens (primary N) is 1. The van der Waals surface area contributed by atoms with E-state index >= 15 is 0 Å². The number of rotatable bonds is 4. The molecule has 0 saturated heterocycles. The van der Waals surface area contributed by atoms with Gasteiger partial charge in [0, 0.05) is 30.7 Å². The molecule has 5 heteroatoms. The number of aromatic nitrogens is 1. The van der Waals surface area contributed by atoms with Gasteiger partial charge in [0.05, 0.1) is 12.2 Å². The zero-order valence-electron chi connectivity index (χ0n) is 11.1. The lowest BCUT2D eigenvalue weighted by Gasteiger charge is -2.34. The largest absolute Gasteiger partial charge is 0.398 e. The smallest absolute Gasteiger partial charge is 0.257 e. The van der Waals surface area contributed by atoms with Gasteiger partial charge in [-0.2, -0.15) is 0 Å². The summed E-state index contributed by atoms with van der Waals surface area (Å²) in [6.45, 7) is 0.334. The molecular weight excluding hydrogens is 242 g/mol. The summed E-state index contributed by atoms with van der Waals surface area (Å²) in [5, 5.41) is 9.19. The van der Waals surface area contributed by atoms with Gasteiger partial charge in [-0.05, 0) is 18.9 Å². The fourth-order valence-corrected chi connectivity index (χ4v) is 2.69. The number of aliphatic hydroxyl groups excluding tert-OH is 1. The van der Waals surface area contributed by atoms with E-state index in [1.165, 1.54) is 12.6 Å². The average molecular weight is 263 g/mol. The molecule has 5 nitrogen and oxygen atoms in total. The molecule has 104 valence electrons. The second kappa shape index (κ2) is 6.52. The summed E-state index contributed by atoms with van der Waals surface area (Å²) in [5.41, 5.74) is 6.71. The van der Waals surface area contributed by atoms with Crippen LogP contribution in [0.1, 0.15) is 42.5 Å². The molecule has 1 aliphatic carbocycles. The Morgan fingerprint density at radius 3 is 2.79 bits per heavy atom. The topological polar surface area (TPSA) is 79.5 Å². The Balaban J connectivity index is 2.18. The maximum atomic E-state index is 12.5. The van der Waals surface area contributed by atoms with Crippen LogP contribution in [0.25, 0.3) is 0 Å². The van der Waals surface area contributed by atoms with Crippen LogP contribution in [-0.4, -0.2) is 40.1 Å². The molecule has 0 aliphatic heterocycles. The summed E-state index contributed by atoms with van der Waals surface area (Å²) in [6.07, 6.45) is 8.60. The van der Waals surface area contributed by atoms with Gasteiger partial charge in [0.25, 0.3) is 5.91 Å². The monoisotopic (exact) mass is 263 g/mol. The maximum absolute atomic E-state index is 12.5. The van der Waals surface area contributed by atoms with Crippen LogP contribution >= 0.6 is 0 Å². The minimum absolute atomic E-state index is 0.0254. The SMILES string of the molecule is Nc1ccncc1C(=O)N(CCO)C1CCCCC1. The molecule has 3 N–H and O–H groups in total. The number of carbonyl (C=O) groups is 1. The number of hydrogen-bond donors (Lipinski definition) is 2. The second-order valence-electron chi connectivity index (χ2n) is 4.98. The highest BCUT2D eigenvalue weighted by atomic mass is 16.3. The molecule has 0 unspecified atom stereocenters. The van der Waals surface area contributed by atoms with Crippen molar-refractivity contribution in [3.8, 4) is 0 Å². The number of pyridine rings is 1. The lowest BCUT2D eigenvalue weighted by molar-refractivity contribution is 0.0586. The summed E-state index contributed by atoms with van der Waals surface area (Å²) in [6, 6.07) is 1.85. The van der Waals surface area contributed by atoms with E-state index in [9.17, 15) is 9.90 Å². The number of anilines is 1. The maximum Gasteiger partial charge on any atom is 0.257 e. The Kier molecular flexibility index (Phi) is 4.74. The molecule has 1 saturated carbocycles. The molecule has 1 fully saturated rings. The lowest BCUT2D eigenvalue weighted by Crippen LogP contribution is -2.43. The highest BCUT2D eigenvalue weighted by molar-refractivity contribution is 5.98. The molecule has 0 spiro atoms. The third kappa shape index (κ3) is 3.23. The van der Waals surface area contributed by atoms with Crippen LogP contribution in [0.15, 0.2) is 18.5 Å². The summed E-state index contributed by atoms with van der Waals surface area (Å²) in [7, 11) is 0. The molecule has 1 aliphatic rings. The lowest BCUT2D eigenvalue weighted by atomic mass is 9.93. The minimum Gasteiger partial charge on any atom is -0.398 e. The Morgan fingerprint density at radius 1 is 1.42 bits per heavy atom. The van der Waals surface area contributed by atoms with Crippen molar-refractivity contribution >= 4 is 11.6 Å². The number of aliphatic hydroxyl groups is 1. The van der Waals surface area contributed by atoms with Crippen molar-refractivity contribution in [2.45, 2.75) is 38.1 Å². The fraction of sp³-hybridized carbons (Fsp3) is 0.571. The van der Waals surface area contributed by atoms with Gasteiger partial charge in [-0.1, -0.05) is 19.3 Å². The number of carbonyl (C=O) groups excluding carboxylic acids is 1. The quantitative estimate of drug-likeness (QED) is 0.861. The molecule has 1 aromatic rings. The third-order valence-electron chi connectivity index (χ3n) is 3.70. The highest BCUT2D eigenvalue weighted by Gasteiger charge is 2.26. The molecule has 1 heterocycles. The van der Waals surface area contributed by atoms with E-state index in [1.807, 2.05) is 0 Å². The fourth-order valence-electron chi connectivity index (χ4n) is 2.69. The summed E-state index contributed by atoms with van der Waals surface area (Å²) >= 11 is 0. The van der Waals surface area contributed by atoms with E-state index < -0.39 is 0 Å². The predicted molar refractivity (Wildman–Crippen MR) is 73.6 cm³/mol. The molecule has 0 atom stereocenters. The molecule has 1 amide bonds. The van der Waals surface area contributed by atoms with Crippen molar-refractivity contribution < 1.29 is 9.90 Å². The van der Waals surface area contributed by atoms with E-state index in [0.29, 0.717) is 17.8 Å². The van der Waals surface area contributed by atoms with Crippen LogP contribution < -0.4 is 5.73 Å². The summed E-state index contributed by atoms with van der Waals surface area (Å²) in [4.78, 5) is 18.3. The van der Waals surface area contributed by atoms with Crippen molar-refractivity contribution in [3.05, 3.63) is 24.0 Å². The van der Waals surface area contributed by atoms with Gasteiger partial charge in [0.15, 0.2) is 0 Å². The van der Waals surface area contributed by atoms with Crippen LogP contribution in [0, 0.1) is 0 Å². The van der Waals surface area contributed by atoms with Gasteiger partial charge in [0.2, 0.25) is 0 Å². The first kappa shape index (κ1) is 13.8. The number of nitrogens with zero attached hydrogens (tertiary/aromatic N) is 2. The Bertz CT molecular complexity index is 430. The molecule has 1 aromatic heterocycles. The summed E-state index contributed by atoms with van der Waals surface area (Å²) < 4.78 is 0. The summed E-state index contributed by atoms with van der Waals surface area (Å²) in [5.74, 6) is -0.119. The van der Waals surface area contributed by atoms with Crippen LogP contribution in [-0.2, 0) is 0 Å². The second-order valence-corrected chi connectivity index (χ2v) is 4.98. The number of amides is 1. The molecule has 19 heavy (non-hydrogen) atoms. The van der Waals surface area contributed by atoms with Crippen molar-refractivity contribution in [1.29, 1.82) is 0 Å². The molecule has 0 aromatic carbocycles. The minimum atomic E-state index is -0.119. The first-order valence-corrected chi connectivity index (χ1v) is 6.85. The van der Waals surface area contributed by atoms with Crippen LogP contribution in [0.2, 0.25) is 0 Å². The van der Waals surface area contributed by atoms with Gasteiger partial charge in [-0.25, -0.2) is 0 Å². The zero-order chi connectivity index (χ0) is 13.7. The number of nitrogen functional groups attached to an aromatic ring is 1. The van der Waals surface area contributed by atoms with Crippen molar-refractivity contribution in [3.63, 3.8) is 0 Å². The molecule has 2 rings (SSSR count).